The summed E-state index contributed by atoms with van der Waals surface area (Å²) in [6, 6.07) is 7.86. The number of amides is 1. The third kappa shape index (κ3) is 3.96. The van der Waals surface area contributed by atoms with Crippen molar-refractivity contribution in [2.75, 3.05) is 11.6 Å². The molecule has 0 atom stereocenters. The molecule has 0 aliphatic heterocycles. The third-order valence-electron chi connectivity index (χ3n) is 2.79. The highest BCUT2D eigenvalue weighted by atomic mass is 32.2. The summed E-state index contributed by atoms with van der Waals surface area (Å²) in [5, 5.41) is 29.3. The molecule has 0 radical (unpaired) electrons. The van der Waals surface area contributed by atoms with Crippen molar-refractivity contribution in [3.05, 3.63) is 51.6 Å². The minimum atomic E-state index is -0.509. The third-order valence-corrected chi connectivity index (χ3v) is 3.48. The average Bonchev–Trinajstić information content (AvgIpc) is 2.94. The highest BCUT2D eigenvalue weighted by Gasteiger charge is 2.13. The largest absolute Gasteiger partial charge is 0.306 e. The van der Waals surface area contributed by atoms with E-state index in [2.05, 4.69) is 15.5 Å². The molecule has 116 valence electrons. The highest BCUT2D eigenvalue weighted by Crippen LogP contribution is 2.23. The molecule has 0 bridgehead atoms. The van der Waals surface area contributed by atoms with Crippen LogP contribution >= 0.6 is 11.8 Å². The maximum Gasteiger partial charge on any atom is 0.270 e. The molecule has 8 nitrogen and oxygen atoms in total. The molecule has 0 unspecified atom stereocenters. The van der Waals surface area contributed by atoms with Gasteiger partial charge in [0.2, 0.25) is 5.91 Å². The Morgan fingerprint density at radius 3 is 3.00 bits per heavy atom. The van der Waals surface area contributed by atoms with Crippen molar-refractivity contribution in [2.24, 2.45) is 0 Å². The fourth-order valence-electron chi connectivity index (χ4n) is 1.75. The lowest BCUT2D eigenvalue weighted by molar-refractivity contribution is -0.384. The molecule has 0 aliphatic rings. The monoisotopic (exact) mass is 329 g/mol. The number of aromatic amines is 1. The maximum atomic E-state index is 11.9. The van der Waals surface area contributed by atoms with Crippen LogP contribution in [0.25, 0.3) is 6.08 Å². The molecule has 9 heteroatoms. The van der Waals surface area contributed by atoms with Crippen molar-refractivity contribution in [3.63, 3.8) is 0 Å². The van der Waals surface area contributed by atoms with Gasteiger partial charge in [0.25, 0.3) is 5.69 Å². The van der Waals surface area contributed by atoms with Gasteiger partial charge in [0.05, 0.1) is 4.92 Å². The van der Waals surface area contributed by atoms with Crippen LogP contribution in [0.2, 0.25) is 0 Å². The van der Waals surface area contributed by atoms with Gasteiger partial charge < -0.3 is 5.32 Å². The van der Waals surface area contributed by atoms with Crippen molar-refractivity contribution >= 4 is 35.3 Å². The highest BCUT2D eigenvalue weighted by molar-refractivity contribution is 7.98. The summed E-state index contributed by atoms with van der Waals surface area (Å²) < 4.78 is 0. The van der Waals surface area contributed by atoms with Crippen LogP contribution in [0, 0.1) is 21.4 Å². The second kappa shape index (κ2) is 7.24. The van der Waals surface area contributed by atoms with E-state index in [1.807, 2.05) is 6.07 Å². The molecule has 1 amide bonds. The smallest absolute Gasteiger partial charge is 0.270 e. The van der Waals surface area contributed by atoms with E-state index in [9.17, 15) is 14.9 Å². The average molecular weight is 329 g/mol. The number of carbonyl (C=O) groups is 1. The minimum absolute atomic E-state index is 0.0579. The number of carbonyl (C=O) groups excluding carboxylic acids is 1. The number of hydrogen-bond acceptors (Lipinski definition) is 6. The first kappa shape index (κ1) is 16.3. The van der Waals surface area contributed by atoms with Crippen LogP contribution in [0.15, 0.2) is 35.4 Å². The summed E-state index contributed by atoms with van der Waals surface area (Å²) in [6.07, 6.45) is 4.44. The normalized spacial score (nSPS) is 10.4. The fourth-order valence-corrected chi connectivity index (χ4v) is 2.23. The number of nitrogens with zero attached hydrogens (tertiary/aromatic N) is 3. The molecule has 2 N–H and O–H groups in total. The van der Waals surface area contributed by atoms with Crippen LogP contribution in [0.4, 0.5) is 11.5 Å². The Balaban J connectivity index is 2.11. The number of nitro benzene ring substituents is 1. The summed E-state index contributed by atoms with van der Waals surface area (Å²) in [5.74, 6) is -0.269. The zero-order chi connectivity index (χ0) is 16.8. The van der Waals surface area contributed by atoms with E-state index in [-0.39, 0.29) is 17.1 Å². The second-order valence-electron chi connectivity index (χ2n) is 4.27. The predicted molar refractivity (Wildman–Crippen MR) is 85.8 cm³/mol. The second-order valence-corrected chi connectivity index (χ2v) is 5.06. The van der Waals surface area contributed by atoms with Crippen molar-refractivity contribution in [1.82, 2.24) is 10.2 Å². The van der Waals surface area contributed by atoms with Crippen LogP contribution < -0.4 is 5.32 Å². The number of benzene rings is 1. The van der Waals surface area contributed by atoms with Crippen LogP contribution in [0.5, 0.6) is 0 Å². The molecule has 0 spiro atoms. The van der Waals surface area contributed by atoms with Crippen molar-refractivity contribution in [1.29, 1.82) is 5.26 Å². The molecular weight excluding hydrogens is 318 g/mol. The summed E-state index contributed by atoms with van der Waals surface area (Å²) in [5.41, 5.74) is 0.719. The van der Waals surface area contributed by atoms with Gasteiger partial charge in [-0.1, -0.05) is 12.1 Å². The van der Waals surface area contributed by atoms with Crippen molar-refractivity contribution in [2.45, 2.75) is 5.03 Å². The Morgan fingerprint density at radius 2 is 2.35 bits per heavy atom. The lowest BCUT2D eigenvalue weighted by Gasteiger charge is -1.99. The van der Waals surface area contributed by atoms with Crippen molar-refractivity contribution in [3.8, 4) is 6.07 Å². The summed E-state index contributed by atoms with van der Waals surface area (Å²) in [4.78, 5) is 22.1. The molecule has 1 aromatic heterocycles. The minimum Gasteiger partial charge on any atom is -0.306 e. The van der Waals surface area contributed by atoms with Gasteiger partial charge in [-0.2, -0.15) is 10.4 Å². The van der Waals surface area contributed by atoms with Gasteiger partial charge in [-0.15, -0.1) is 11.8 Å². The fraction of sp³-hybridized carbons (Fsp3) is 0.0714. The molecule has 1 aromatic carbocycles. The van der Waals surface area contributed by atoms with E-state index in [0.717, 1.165) is 0 Å². The van der Waals surface area contributed by atoms with Gasteiger partial charge in [0.1, 0.15) is 22.5 Å². The van der Waals surface area contributed by atoms with Crippen molar-refractivity contribution < 1.29 is 9.72 Å². The molecule has 2 rings (SSSR count). The molecule has 0 saturated heterocycles. The Kier molecular flexibility index (Phi) is 5.11. The predicted octanol–water partition coefficient (Wildman–Crippen LogP) is 2.56. The first-order valence-corrected chi connectivity index (χ1v) is 7.53. The van der Waals surface area contributed by atoms with Gasteiger partial charge in [-0.3, -0.25) is 20.0 Å². The number of thioether (sulfide) groups is 1. The lowest BCUT2D eigenvalue weighted by atomic mass is 10.2. The lowest BCUT2D eigenvalue weighted by Crippen LogP contribution is -2.09. The Labute approximate surface area is 135 Å². The van der Waals surface area contributed by atoms with Gasteiger partial charge in [0, 0.05) is 18.2 Å². The molecular formula is C14H11N5O3S. The number of nitriles is 1. The number of nitro groups is 1. The van der Waals surface area contributed by atoms with E-state index >= 15 is 0 Å². The van der Waals surface area contributed by atoms with Crippen LogP contribution in [-0.4, -0.2) is 27.3 Å². The number of hydrogen-bond donors (Lipinski definition) is 2. The van der Waals surface area contributed by atoms with E-state index < -0.39 is 10.8 Å². The number of aromatic nitrogens is 2. The molecule has 2 aromatic rings. The standard InChI is InChI=1S/C14H11N5O3S/c1-23-14-11(8-15)13(17-18-14)16-12(20)6-5-9-3-2-4-10(7-9)19(21)22/h2-7H,1H3,(H2,16,17,18,20)/b6-5+. The number of H-pyrrole nitrogens is 1. The van der Waals surface area contributed by atoms with Gasteiger partial charge in [-0.05, 0) is 17.9 Å². The Hall–Kier alpha value is -3.12. The first-order valence-electron chi connectivity index (χ1n) is 6.31. The van der Waals surface area contributed by atoms with Gasteiger partial charge in [-0.25, -0.2) is 0 Å². The van der Waals surface area contributed by atoms with E-state index in [1.165, 1.54) is 42.1 Å². The zero-order valence-electron chi connectivity index (χ0n) is 11.9. The Morgan fingerprint density at radius 1 is 1.57 bits per heavy atom. The topological polar surface area (TPSA) is 125 Å². The van der Waals surface area contributed by atoms with E-state index in [1.54, 1.807) is 12.3 Å². The van der Waals surface area contributed by atoms with Crippen LogP contribution in [0.1, 0.15) is 11.1 Å². The van der Waals surface area contributed by atoms with Crippen LogP contribution in [0.3, 0.4) is 0 Å². The summed E-state index contributed by atoms with van der Waals surface area (Å²) in [6.45, 7) is 0. The number of anilines is 1. The van der Waals surface area contributed by atoms with E-state index in [4.69, 9.17) is 5.26 Å². The summed E-state index contributed by atoms with van der Waals surface area (Å²) in [7, 11) is 0. The zero-order valence-corrected chi connectivity index (χ0v) is 12.8. The molecule has 0 aliphatic carbocycles. The number of rotatable bonds is 5. The number of nitrogens with one attached hydrogen (secondary N) is 2. The molecule has 0 fully saturated rings. The molecule has 0 saturated carbocycles. The number of non-ortho nitro benzene ring substituents is 1. The van der Waals surface area contributed by atoms with Gasteiger partial charge in [0.15, 0.2) is 0 Å². The molecule has 23 heavy (non-hydrogen) atoms. The maximum absolute atomic E-state index is 11.9. The molecule has 1 heterocycles. The van der Waals surface area contributed by atoms with Gasteiger partial charge >= 0.3 is 0 Å². The Bertz CT molecular complexity index is 822. The van der Waals surface area contributed by atoms with E-state index in [0.29, 0.717) is 10.6 Å². The quantitative estimate of drug-likeness (QED) is 0.376. The summed E-state index contributed by atoms with van der Waals surface area (Å²) >= 11 is 1.28. The SMILES string of the molecule is CSc1n[nH]c(NC(=O)/C=C/c2cccc([N+](=O)[O-])c2)c1C#N. The van der Waals surface area contributed by atoms with Crippen LogP contribution in [-0.2, 0) is 4.79 Å². The first-order chi connectivity index (χ1) is 11.0.